The lowest BCUT2D eigenvalue weighted by Crippen LogP contribution is -2.18. The minimum atomic E-state index is 0.0974. The van der Waals surface area contributed by atoms with Gasteiger partial charge in [0.05, 0.1) is 0 Å². The molecule has 1 aromatic rings. The van der Waals surface area contributed by atoms with E-state index in [-0.39, 0.29) is 12.0 Å². The van der Waals surface area contributed by atoms with E-state index in [1.807, 2.05) is 0 Å². The van der Waals surface area contributed by atoms with Crippen molar-refractivity contribution in [2.75, 3.05) is 0 Å². The molecule has 0 radical (unpaired) electrons. The molecule has 0 spiro atoms. The van der Waals surface area contributed by atoms with Gasteiger partial charge in [-0.2, -0.15) is 0 Å². The smallest absolute Gasteiger partial charge is 0.108 e. The molecule has 0 aromatic heterocycles. The summed E-state index contributed by atoms with van der Waals surface area (Å²) in [5.74, 6) is 0.284. The minimum absolute atomic E-state index is 0.0974. The van der Waals surface area contributed by atoms with E-state index in [0.717, 1.165) is 11.6 Å². The van der Waals surface area contributed by atoms with Gasteiger partial charge in [0.2, 0.25) is 0 Å². The number of hydrogen-bond acceptors (Lipinski definition) is 1. The summed E-state index contributed by atoms with van der Waals surface area (Å²) < 4.78 is 0. The summed E-state index contributed by atoms with van der Waals surface area (Å²) in [7, 11) is 0. The number of dihydropyridines is 1. The van der Waals surface area contributed by atoms with Gasteiger partial charge in [0.25, 0.3) is 0 Å². The second-order valence-electron chi connectivity index (χ2n) is 4.95. The number of nitrogens with zero attached hydrogens (tertiary/aromatic N) is 1. The van der Waals surface area contributed by atoms with E-state index in [0.29, 0.717) is 0 Å². The van der Waals surface area contributed by atoms with Gasteiger partial charge in [-0.05, 0) is 35.6 Å². The number of rotatable bonds is 1. The summed E-state index contributed by atoms with van der Waals surface area (Å²) in [5, 5.41) is 0.744. The van der Waals surface area contributed by atoms with E-state index in [2.05, 4.69) is 50.3 Å². The van der Waals surface area contributed by atoms with Crippen LogP contribution in [0.15, 0.2) is 47.0 Å². The standard InChI is InChI=1S/C16H16ClN/c1-3-11-9-12-8-10(2)13-6-4-5-7-14(13)15(12)18-16(11)17/h4-9,11,15H,3H2,1-2H3. The first-order chi connectivity index (χ1) is 8.70. The van der Waals surface area contributed by atoms with E-state index < -0.39 is 0 Å². The van der Waals surface area contributed by atoms with Crippen LogP contribution >= 0.6 is 11.6 Å². The van der Waals surface area contributed by atoms with Crippen LogP contribution in [0.4, 0.5) is 0 Å². The van der Waals surface area contributed by atoms with Gasteiger partial charge in [0, 0.05) is 5.92 Å². The second-order valence-corrected chi connectivity index (χ2v) is 5.34. The van der Waals surface area contributed by atoms with Crippen molar-refractivity contribution in [2.24, 2.45) is 10.9 Å². The molecule has 92 valence electrons. The van der Waals surface area contributed by atoms with Crippen LogP contribution in [0.25, 0.3) is 5.57 Å². The summed E-state index contributed by atoms with van der Waals surface area (Å²) in [4.78, 5) is 4.70. The first-order valence-electron chi connectivity index (χ1n) is 6.43. The third-order valence-corrected chi connectivity index (χ3v) is 4.15. The zero-order valence-electron chi connectivity index (χ0n) is 10.7. The Morgan fingerprint density at radius 2 is 2.06 bits per heavy atom. The molecule has 0 N–H and O–H groups in total. The van der Waals surface area contributed by atoms with E-state index in [1.165, 1.54) is 22.3 Å². The van der Waals surface area contributed by atoms with Gasteiger partial charge in [-0.3, -0.25) is 4.99 Å². The van der Waals surface area contributed by atoms with Gasteiger partial charge in [-0.25, -0.2) is 0 Å². The highest BCUT2D eigenvalue weighted by Gasteiger charge is 2.28. The van der Waals surface area contributed by atoms with Crippen molar-refractivity contribution < 1.29 is 0 Å². The monoisotopic (exact) mass is 257 g/mol. The van der Waals surface area contributed by atoms with E-state index in [1.54, 1.807) is 0 Å². The fourth-order valence-electron chi connectivity index (χ4n) is 2.77. The molecule has 18 heavy (non-hydrogen) atoms. The predicted molar refractivity (Wildman–Crippen MR) is 78.0 cm³/mol. The predicted octanol–water partition coefficient (Wildman–Crippen LogP) is 4.75. The quantitative estimate of drug-likeness (QED) is 0.689. The van der Waals surface area contributed by atoms with Gasteiger partial charge in [0.1, 0.15) is 11.2 Å². The molecule has 0 fully saturated rings. The maximum atomic E-state index is 6.29. The molecule has 2 atom stereocenters. The lowest BCUT2D eigenvalue weighted by Gasteiger charge is -2.29. The fourth-order valence-corrected chi connectivity index (χ4v) is 3.09. The third kappa shape index (κ3) is 1.74. The number of aliphatic imine (C=N–C) groups is 1. The zero-order valence-corrected chi connectivity index (χ0v) is 11.4. The minimum Gasteiger partial charge on any atom is -0.264 e. The summed E-state index contributed by atoms with van der Waals surface area (Å²) >= 11 is 6.29. The Labute approximate surface area is 113 Å². The van der Waals surface area contributed by atoms with Gasteiger partial charge >= 0.3 is 0 Å². The first-order valence-corrected chi connectivity index (χ1v) is 6.81. The SMILES string of the molecule is CCC1C=C2C=C(C)c3ccccc3C2N=C1Cl. The van der Waals surface area contributed by atoms with Crippen LogP contribution < -0.4 is 0 Å². The molecule has 0 saturated carbocycles. The van der Waals surface area contributed by atoms with E-state index >= 15 is 0 Å². The molecule has 2 aliphatic rings. The number of halogens is 1. The fraction of sp³-hybridized carbons (Fsp3) is 0.312. The van der Waals surface area contributed by atoms with Crippen LogP contribution in [0, 0.1) is 5.92 Å². The van der Waals surface area contributed by atoms with Crippen molar-refractivity contribution in [3.05, 3.63) is 53.1 Å². The van der Waals surface area contributed by atoms with Crippen LogP contribution in [-0.4, -0.2) is 5.17 Å². The normalized spacial score (nSPS) is 25.6. The van der Waals surface area contributed by atoms with E-state index in [4.69, 9.17) is 16.6 Å². The first kappa shape index (κ1) is 11.7. The summed E-state index contributed by atoms with van der Waals surface area (Å²) in [6.07, 6.45) is 5.54. The molecule has 0 saturated heterocycles. The molecule has 1 aliphatic carbocycles. The summed E-state index contributed by atoms with van der Waals surface area (Å²) in [6.45, 7) is 4.31. The Morgan fingerprint density at radius 3 is 2.83 bits per heavy atom. The molecule has 0 amide bonds. The van der Waals surface area contributed by atoms with Crippen LogP contribution in [0.1, 0.15) is 37.4 Å². The molecule has 2 heteroatoms. The van der Waals surface area contributed by atoms with Crippen LogP contribution in [0.2, 0.25) is 0 Å². The number of fused-ring (bicyclic) bond motifs is 3. The van der Waals surface area contributed by atoms with Gasteiger partial charge in [0.15, 0.2) is 0 Å². The van der Waals surface area contributed by atoms with Gasteiger partial charge < -0.3 is 0 Å². The molecule has 3 rings (SSSR count). The molecule has 1 aliphatic heterocycles. The Bertz CT molecular complexity index is 581. The lowest BCUT2D eigenvalue weighted by molar-refractivity contribution is 0.744. The molecule has 1 heterocycles. The average Bonchev–Trinajstić information content (AvgIpc) is 2.39. The van der Waals surface area contributed by atoms with Crippen molar-refractivity contribution in [3.63, 3.8) is 0 Å². The number of allylic oxidation sites excluding steroid dienone is 2. The molecule has 1 nitrogen and oxygen atoms in total. The molecule has 0 bridgehead atoms. The van der Waals surface area contributed by atoms with Gasteiger partial charge in [-0.15, -0.1) is 0 Å². The van der Waals surface area contributed by atoms with Crippen molar-refractivity contribution >= 4 is 22.3 Å². The van der Waals surface area contributed by atoms with Crippen molar-refractivity contribution in [1.82, 2.24) is 0 Å². The maximum Gasteiger partial charge on any atom is 0.108 e. The Hall–Kier alpha value is -1.34. The number of hydrogen-bond donors (Lipinski definition) is 0. The molecular formula is C16H16ClN. The number of benzene rings is 1. The van der Waals surface area contributed by atoms with Crippen molar-refractivity contribution in [1.29, 1.82) is 0 Å². The highest BCUT2D eigenvalue weighted by Crippen LogP contribution is 2.42. The molecule has 1 aromatic carbocycles. The molecular weight excluding hydrogens is 242 g/mol. The van der Waals surface area contributed by atoms with Crippen LogP contribution in [-0.2, 0) is 0 Å². The Balaban J connectivity index is 2.15. The Morgan fingerprint density at radius 1 is 1.28 bits per heavy atom. The highest BCUT2D eigenvalue weighted by atomic mass is 35.5. The average molecular weight is 258 g/mol. The topological polar surface area (TPSA) is 12.4 Å². The van der Waals surface area contributed by atoms with Crippen molar-refractivity contribution in [3.8, 4) is 0 Å². The lowest BCUT2D eigenvalue weighted by atomic mass is 9.82. The van der Waals surface area contributed by atoms with E-state index in [9.17, 15) is 0 Å². The summed E-state index contributed by atoms with van der Waals surface area (Å²) in [5.41, 5.74) is 5.18. The third-order valence-electron chi connectivity index (χ3n) is 3.77. The largest absolute Gasteiger partial charge is 0.264 e. The van der Waals surface area contributed by atoms with Crippen molar-refractivity contribution in [2.45, 2.75) is 26.3 Å². The van der Waals surface area contributed by atoms with Gasteiger partial charge in [-0.1, -0.05) is 54.9 Å². The maximum absolute atomic E-state index is 6.29. The van der Waals surface area contributed by atoms with Crippen LogP contribution in [0.5, 0.6) is 0 Å². The highest BCUT2D eigenvalue weighted by molar-refractivity contribution is 6.66. The van der Waals surface area contributed by atoms with Crippen LogP contribution in [0.3, 0.4) is 0 Å². The zero-order chi connectivity index (χ0) is 12.7. The molecule has 2 unspecified atom stereocenters. The second kappa shape index (κ2) is 4.40. The summed E-state index contributed by atoms with van der Waals surface area (Å²) in [6, 6.07) is 8.57. The Kier molecular flexibility index (Phi) is 2.87.